The first kappa shape index (κ1) is 18.9. The van der Waals surface area contributed by atoms with Crippen LogP contribution in [0.4, 0.5) is 4.39 Å². The number of hydrogen-bond donors (Lipinski definition) is 0. The number of halogens is 2. The van der Waals surface area contributed by atoms with Gasteiger partial charge in [0.2, 0.25) is 0 Å². The van der Waals surface area contributed by atoms with E-state index in [0.29, 0.717) is 16.9 Å². The van der Waals surface area contributed by atoms with Crippen LogP contribution in [0, 0.1) is 5.82 Å². The molecule has 0 aliphatic rings. The molecule has 0 fully saturated rings. The highest BCUT2D eigenvalue weighted by Crippen LogP contribution is 2.18. The number of rotatable bonds is 6. The second kappa shape index (κ2) is 8.58. The fraction of sp³-hybridized carbons (Fsp3) is 0.158. The normalized spacial score (nSPS) is 10.7. The van der Waals surface area contributed by atoms with Crippen LogP contribution in [0.15, 0.2) is 53.0 Å². The third-order valence-corrected chi connectivity index (χ3v) is 3.85. The number of carbonyl (C=O) groups is 2. The molecule has 2 aromatic rings. The van der Waals surface area contributed by atoms with E-state index in [-0.39, 0.29) is 18.3 Å². The average molecular weight is 406 g/mol. The van der Waals surface area contributed by atoms with Crippen LogP contribution in [0.25, 0.3) is 6.08 Å². The van der Waals surface area contributed by atoms with E-state index in [9.17, 15) is 14.0 Å². The smallest absolute Gasteiger partial charge is 0.259 e. The number of ether oxygens (including phenoxy) is 1. The lowest BCUT2D eigenvalue weighted by Crippen LogP contribution is -2.27. The van der Waals surface area contributed by atoms with Crippen molar-refractivity contribution in [3.05, 3.63) is 70.0 Å². The first-order valence-corrected chi connectivity index (χ1v) is 8.26. The molecule has 130 valence electrons. The fourth-order valence-electron chi connectivity index (χ4n) is 1.92. The van der Waals surface area contributed by atoms with E-state index in [2.05, 4.69) is 15.9 Å². The molecule has 6 heteroatoms. The third-order valence-electron chi connectivity index (χ3n) is 3.35. The number of amides is 1. The number of carbonyl (C=O) groups excluding carboxylic acids is 2. The molecule has 0 unspecified atom stereocenters. The Hall–Kier alpha value is -2.47. The molecule has 0 N–H and O–H groups in total. The van der Waals surface area contributed by atoms with Gasteiger partial charge in [0.15, 0.2) is 12.4 Å². The maximum atomic E-state index is 13.7. The first-order valence-electron chi connectivity index (χ1n) is 7.47. The Bertz CT molecular complexity index is 818. The van der Waals surface area contributed by atoms with Gasteiger partial charge in [0.05, 0.1) is 0 Å². The largest absolute Gasteiger partial charge is 0.484 e. The first-order chi connectivity index (χ1) is 11.9. The van der Waals surface area contributed by atoms with Gasteiger partial charge in [0.1, 0.15) is 11.6 Å². The minimum absolute atomic E-state index is 0.107. The summed E-state index contributed by atoms with van der Waals surface area (Å²) in [4.78, 5) is 25.2. The molecule has 0 atom stereocenters. The van der Waals surface area contributed by atoms with Gasteiger partial charge in [-0.1, -0.05) is 28.1 Å². The van der Waals surface area contributed by atoms with Gasteiger partial charge >= 0.3 is 0 Å². The second-order valence-electron chi connectivity index (χ2n) is 5.47. The van der Waals surface area contributed by atoms with Crippen LogP contribution in [-0.2, 0) is 4.79 Å². The summed E-state index contributed by atoms with van der Waals surface area (Å²) < 4.78 is 19.8. The molecule has 0 radical (unpaired) electrons. The van der Waals surface area contributed by atoms with E-state index in [0.717, 1.165) is 4.47 Å². The molecule has 1 amide bonds. The SMILES string of the molecule is CN(C)C(=O)COc1cccc(C(=O)C=Cc2cc(Br)ccc2F)c1. The van der Waals surface area contributed by atoms with E-state index >= 15 is 0 Å². The van der Waals surface area contributed by atoms with Gasteiger partial charge in [-0.3, -0.25) is 9.59 Å². The summed E-state index contributed by atoms with van der Waals surface area (Å²) in [5.74, 6) is -0.458. The van der Waals surface area contributed by atoms with Gasteiger partial charge in [-0.05, 0) is 42.5 Å². The second-order valence-corrected chi connectivity index (χ2v) is 6.38. The Labute approximate surface area is 154 Å². The molecule has 4 nitrogen and oxygen atoms in total. The van der Waals surface area contributed by atoms with Crippen molar-refractivity contribution in [2.24, 2.45) is 0 Å². The standard InChI is InChI=1S/C19H17BrFNO3/c1-22(2)19(24)12-25-16-5-3-4-14(11-16)18(23)9-6-13-10-15(20)7-8-17(13)21/h3-11H,12H2,1-2H3. The highest BCUT2D eigenvalue weighted by Gasteiger charge is 2.08. The third kappa shape index (κ3) is 5.53. The van der Waals surface area contributed by atoms with Crippen molar-refractivity contribution in [1.82, 2.24) is 4.90 Å². The van der Waals surface area contributed by atoms with E-state index in [1.54, 1.807) is 50.5 Å². The summed E-state index contributed by atoms with van der Waals surface area (Å²) in [6.45, 7) is -0.107. The van der Waals surface area contributed by atoms with Crippen LogP contribution in [0.3, 0.4) is 0 Å². The van der Waals surface area contributed by atoms with Gasteiger partial charge in [0, 0.05) is 29.7 Å². The lowest BCUT2D eigenvalue weighted by atomic mass is 10.1. The number of benzene rings is 2. The molecular weight excluding hydrogens is 389 g/mol. The number of nitrogens with zero attached hydrogens (tertiary/aromatic N) is 1. The molecule has 0 aromatic heterocycles. The minimum Gasteiger partial charge on any atom is -0.484 e. The van der Waals surface area contributed by atoms with E-state index in [1.165, 1.54) is 23.1 Å². The minimum atomic E-state index is -0.411. The molecule has 0 heterocycles. The van der Waals surface area contributed by atoms with Crippen LogP contribution < -0.4 is 4.74 Å². The van der Waals surface area contributed by atoms with E-state index in [1.807, 2.05) is 0 Å². The van der Waals surface area contributed by atoms with Crippen molar-refractivity contribution in [2.75, 3.05) is 20.7 Å². The monoisotopic (exact) mass is 405 g/mol. The maximum Gasteiger partial charge on any atom is 0.259 e. The molecule has 0 saturated carbocycles. The number of likely N-dealkylation sites (N-methyl/N-ethyl adjacent to an activating group) is 1. The van der Waals surface area contributed by atoms with Crippen molar-refractivity contribution in [2.45, 2.75) is 0 Å². The van der Waals surface area contributed by atoms with Gasteiger partial charge in [-0.15, -0.1) is 0 Å². The topological polar surface area (TPSA) is 46.6 Å². The Morgan fingerprint density at radius 2 is 1.96 bits per heavy atom. The molecule has 25 heavy (non-hydrogen) atoms. The Balaban J connectivity index is 2.09. The quantitative estimate of drug-likeness (QED) is 0.539. The molecule has 2 rings (SSSR count). The zero-order valence-electron chi connectivity index (χ0n) is 13.8. The fourth-order valence-corrected chi connectivity index (χ4v) is 2.30. The van der Waals surface area contributed by atoms with Crippen molar-refractivity contribution >= 4 is 33.7 Å². The predicted molar refractivity (Wildman–Crippen MR) is 98.1 cm³/mol. The van der Waals surface area contributed by atoms with Crippen LogP contribution in [-0.4, -0.2) is 37.3 Å². The zero-order valence-corrected chi connectivity index (χ0v) is 15.4. The molecule has 0 spiro atoms. The van der Waals surface area contributed by atoms with Crippen LogP contribution in [0.1, 0.15) is 15.9 Å². The zero-order chi connectivity index (χ0) is 18.4. The maximum absolute atomic E-state index is 13.7. The van der Waals surface area contributed by atoms with Crippen LogP contribution in [0.5, 0.6) is 5.75 Å². The number of ketones is 1. The Morgan fingerprint density at radius 1 is 1.20 bits per heavy atom. The summed E-state index contributed by atoms with van der Waals surface area (Å²) in [6, 6.07) is 11.0. The highest BCUT2D eigenvalue weighted by atomic mass is 79.9. The molecular formula is C19H17BrFNO3. The van der Waals surface area contributed by atoms with Gasteiger partial charge in [-0.25, -0.2) is 4.39 Å². The van der Waals surface area contributed by atoms with Crippen molar-refractivity contribution < 1.29 is 18.7 Å². The van der Waals surface area contributed by atoms with E-state index in [4.69, 9.17) is 4.74 Å². The summed E-state index contributed by atoms with van der Waals surface area (Å²) in [5.41, 5.74) is 0.702. The molecule has 0 aliphatic carbocycles. The van der Waals surface area contributed by atoms with Gasteiger partial charge < -0.3 is 9.64 Å². The van der Waals surface area contributed by atoms with Gasteiger partial charge in [-0.2, -0.15) is 0 Å². The molecule has 0 saturated heterocycles. The van der Waals surface area contributed by atoms with Crippen LogP contribution >= 0.6 is 15.9 Å². The molecule has 0 aliphatic heterocycles. The Kier molecular flexibility index (Phi) is 6.47. The van der Waals surface area contributed by atoms with Crippen molar-refractivity contribution in [3.8, 4) is 5.75 Å². The predicted octanol–water partition coefficient (Wildman–Crippen LogP) is 3.95. The lowest BCUT2D eigenvalue weighted by molar-refractivity contribution is -0.130. The summed E-state index contributed by atoms with van der Waals surface area (Å²) >= 11 is 3.26. The summed E-state index contributed by atoms with van der Waals surface area (Å²) in [6.07, 6.45) is 2.72. The Morgan fingerprint density at radius 3 is 2.68 bits per heavy atom. The summed E-state index contributed by atoms with van der Waals surface area (Å²) in [7, 11) is 3.27. The van der Waals surface area contributed by atoms with Crippen molar-refractivity contribution in [1.29, 1.82) is 0 Å². The van der Waals surface area contributed by atoms with Gasteiger partial charge in [0.25, 0.3) is 5.91 Å². The highest BCUT2D eigenvalue weighted by molar-refractivity contribution is 9.10. The molecule has 2 aromatic carbocycles. The molecule has 0 bridgehead atoms. The lowest BCUT2D eigenvalue weighted by Gasteiger charge is -2.11. The van der Waals surface area contributed by atoms with E-state index < -0.39 is 5.82 Å². The average Bonchev–Trinajstić information content (AvgIpc) is 2.60. The number of hydrogen-bond acceptors (Lipinski definition) is 3. The number of allylic oxidation sites excluding steroid dienone is 1. The summed E-state index contributed by atoms with van der Waals surface area (Å²) in [5, 5.41) is 0. The van der Waals surface area contributed by atoms with Crippen molar-refractivity contribution in [3.63, 3.8) is 0 Å². The van der Waals surface area contributed by atoms with Crippen LogP contribution in [0.2, 0.25) is 0 Å².